The van der Waals surface area contributed by atoms with Gasteiger partial charge in [-0.2, -0.15) is 5.26 Å². The molecule has 59 heavy (non-hydrogen) atoms. The second-order valence-electron chi connectivity index (χ2n) is 17.1. The van der Waals surface area contributed by atoms with Crippen LogP contribution < -0.4 is 39.8 Å². The van der Waals surface area contributed by atoms with Gasteiger partial charge < -0.3 is 39.2 Å². The van der Waals surface area contributed by atoms with Gasteiger partial charge in [-0.25, -0.2) is 0 Å². The molecule has 2 saturated heterocycles. The van der Waals surface area contributed by atoms with Crippen LogP contribution in [0.15, 0.2) is 60.7 Å². The van der Waals surface area contributed by atoms with Crippen molar-refractivity contribution < 1.29 is 42.9 Å². The SMILES string of the molecule is COc1cc(OC2C(C)(C)C(NC(=O)c3ccc(N4CCC(OC5CC(Oc6ccc(C(=O)NC7CCC(=O)NC7=O)c(OC)c6)C5)CC4)cc3)C2(C)C)ccc1C#N. The first-order chi connectivity index (χ1) is 28.2. The Morgan fingerprint density at radius 3 is 2.07 bits per heavy atom. The summed E-state index contributed by atoms with van der Waals surface area (Å²) in [7, 11) is 3.00. The van der Waals surface area contributed by atoms with Crippen LogP contribution in [0.1, 0.15) is 92.5 Å². The summed E-state index contributed by atoms with van der Waals surface area (Å²) in [6, 6.07) is 19.2. The third kappa shape index (κ3) is 8.66. The molecule has 2 aliphatic carbocycles. The Morgan fingerprint density at radius 2 is 1.42 bits per heavy atom. The van der Waals surface area contributed by atoms with Gasteiger partial charge in [0.2, 0.25) is 11.8 Å². The number of carbonyl (C=O) groups is 4. The standard InChI is InChI=1S/C45H53N5O9/c1-44(2)42(45(3,4)43(44)59-31-12-9-27(25-46)36(23-31)55-5)49-39(52)26-7-10-28(11-8-26)50-19-17-29(18-20-50)57-32-21-33(22-32)58-30-13-14-34(37(24-30)56-6)40(53)47-35-15-16-38(51)48-41(35)54/h7-14,23-24,29,32-33,35,42-43H,15-22H2,1-6H3,(H,47,53)(H,49,52)(H,48,51,54). The summed E-state index contributed by atoms with van der Waals surface area (Å²) in [5, 5.41) is 17.5. The summed E-state index contributed by atoms with van der Waals surface area (Å²) in [4.78, 5) is 52.3. The smallest absolute Gasteiger partial charge is 0.255 e. The van der Waals surface area contributed by atoms with Gasteiger partial charge in [0.25, 0.3) is 11.8 Å². The molecule has 3 aromatic rings. The highest BCUT2D eigenvalue weighted by Gasteiger charge is 2.64. The highest BCUT2D eigenvalue weighted by Crippen LogP contribution is 2.55. The molecule has 3 N–H and O–H groups in total. The number of ether oxygens (including phenoxy) is 5. The highest BCUT2D eigenvalue weighted by molar-refractivity contribution is 6.04. The summed E-state index contributed by atoms with van der Waals surface area (Å²) in [5.74, 6) is 0.543. The van der Waals surface area contributed by atoms with Gasteiger partial charge in [-0.3, -0.25) is 24.5 Å². The van der Waals surface area contributed by atoms with Crippen LogP contribution >= 0.6 is 0 Å². The Morgan fingerprint density at radius 1 is 0.780 bits per heavy atom. The van der Waals surface area contributed by atoms with E-state index in [-0.39, 0.29) is 71.5 Å². The van der Waals surface area contributed by atoms with Gasteiger partial charge in [-0.15, -0.1) is 0 Å². The van der Waals surface area contributed by atoms with Crippen LogP contribution in [0.5, 0.6) is 23.0 Å². The van der Waals surface area contributed by atoms with Gasteiger partial charge in [-0.05, 0) is 67.8 Å². The zero-order valence-electron chi connectivity index (χ0n) is 34.5. The monoisotopic (exact) mass is 807 g/mol. The Bertz CT molecular complexity index is 2100. The Balaban J connectivity index is 0.836. The Hall–Kier alpha value is -5.81. The first-order valence-corrected chi connectivity index (χ1v) is 20.3. The van der Waals surface area contributed by atoms with E-state index < -0.39 is 17.9 Å². The number of imide groups is 1. The number of nitrogens with one attached hydrogen (secondary N) is 3. The number of anilines is 1. The lowest BCUT2D eigenvalue weighted by Gasteiger charge is -2.63. The van der Waals surface area contributed by atoms with E-state index in [1.54, 1.807) is 36.4 Å². The third-order valence-corrected chi connectivity index (χ3v) is 12.3. The fraction of sp³-hybridized carbons (Fsp3) is 0.489. The number of amides is 4. The lowest BCUT2D eigenvalue weighted by Crippen LogP contribution is -2.74. The summed E-state index contributed by atoms with van der Waals surface area (Å²) in [6.07, 6.45) is 3.81. The maximum atomic E-state index is 13.5. The molecule has 3 aromatic carbocycles. The fourth-order valence-electron chi connectivity index (χ4n) is 9.25. The van der Waals surface area contributed by atoms with Crippen molar-refractivity contribution in [2.24, 2.45) is 10.8 Å². The molecule has 14 heteroatoms. The number of piperidine rings is 2. The molecule has 1 unspecified atom stereocenters. The van der Waals surface area contributed by atoms with E-state index in [9.17, 15) is 24.4 Å². The van der Waals surface area contributed by atoms with E-state index in [1.807, 2.05) is 24.3 Å². The minimum Gasteiger partial charge on any atom is -0.496 e. The minimum atomic E-state index is -0.781. The molecule has 2 heterocycles. The molecule has 0 bridgehead atoms. The first kappa shape index (κ1) is 41.4. The van der Waals surface area contributed by atoms with Crippen LogP contribution in [0.25, 0.3) is 0 Å². The third-order valence-electron chi connectivity index (χ3n) is 12.3. The molecule has 0 spiro atoms. The van der Waals surface area contributed by atoms with Gasteiger partial charge in [0.1, 0.15) is 47.3 Å². The zero-order valence-corrected chi connectivity index (χ0v) is 34.5. The van der Waals surface area contributed by atoms with E-state index in [0.717, 1.165) is 44.5 Å². The predicted molar refractivity (Wildman–Crippen MR) is 218 cm³/mol. The van der Waals surface area contributed by atoms with Crippen molar-refractivity contribution in [3.63, 3.8) is 0 Å². The molecule has 0 radical (unpaired) electrons. The van der Waals surface area contributed by atoms with Gasteiger partial charge in [0, 0.05) is 72.6 Å². The molecule has 2 saturated carbocycles. The van der Waals surface area contributed by atoms with Gasteiger partial charge in [0.05, 0.1) is 37.6 Å². The van der Waals surface area contributed by atoms with Crippen LogP contribution in [0, 0.1) is 22.2 Å². The maximum Gasteiger partial charge on any atom is 0.255 e. The van der Waals surface area contributed by atoms with E-state index >= 15 is 0 Å². The van der Waals surface area contributed by atoms with E-state index in [4.69, 9.17) is 23.7 Å². The number of carbonyl (C=O) groups excluding carboxylic acids is 4. The van der Waals surface area contributed by atoms with Gasteiger partial charge >= 0.3 is 0 Å². The summed E-state index contributed by atoms with van der Waals surface area (Å²) < 4.78 is 29.9. The molecule has 2 aliphatic heterocycles. The van der Waals surface area contributed by atoms with Crippen molar-refractivity contribution in [3.05, 3.63) is 77.4 Å². The minimum absolute atomic E-state index is 0.0154. The second kappa shape index (κ2) is 16.8. The van der Waals surface area contributed by atoms with Gasteiger partial charge in [-0.1, -0.05) is 27.7 Å². The maximum absolute atomic E-state index is 13.5. The highest BCUT2D eigenvalue weighted by atomic mass is 16.5. The van der Waals surface area contributed by atoms with Crippen molar-refractivity contribution in [2.45, 2.75) is 103 Å². The van der Waals surface area contributed by atoms with Crippen molar-refractivity contribution in [2.75, 3.05) is 32.2 Å². The number of hydrogen-bond donors (Lipinski definition) is 3. The average molecular weight is 808 g/mol. The normalized spacial score (nSPS) is 24.6. The Labute approximate surface area is 344 Å². The van der Waals surface area contributed by atoms with Crippen LogP contribution in [0.3, 0.4) is 0 Å². The summed E-state index contributed by atoms with van der Waals surface area (Å²) in [5.41, 5.74) is 1.68. The number of rotatable bonds is 13. The van der Waals surface area contributed by atoms with E-state index in [1.165, 1.54) is 14.2 Å². The molecule has 7 rings (SSSR count). The number of methoxy groups -OCH3 is 2. The molecule has 14 nitrogen and oxygen atoms in total. The lowest BCUT2D eigenvalue weighted by atomic mass is 9.49. The van der Waals surface area contributed by atoms with Crippen molar-refractivity contribution in [1.29, 1.82) is 5.26 Å². The molecule has 4 amide bonds. The number of hydrogen-bond acceptors (Lipinski definition) is 11. The molecule has 1 atom stereocenters. The topological polar surface area (TPSA) is 178 Å². The van der Waals surface area contributed by atoms with Crippen LogP contribution in [0.4, 0.5) is 5.69 Å². The molecule has 0 aromatic heterocycles. The zero-order chi connectivity index (χ0) is 42.1. The molecular weight excluding hydrogens is 755 g/mol. The lowest BCUT2D eigenvalue weighted by molar-refractivity contribution is -0.164. The summed E-state index contributed by atoms with van der Waals surface area (Å²) in [6.45, 7) is 10.1. The molecule has 4 aliphatic rings. The molecule has 4 fully saturated rings. The molecule has 312 valence electrons. The van der Waals surface area contributed by atoms with E-state index in [2.05, 4.69) is 54.6 Å². The van der Waals surface area contributed by atoms with Crippen molar-refractivity contribution in [1.82, 2.24) is 16.0 Å². The van der Waals surface area contributed by atoms with Crippen molar-refractivity contribution in [3.8, 4) is 29.1 Å². The second-order valence-corrected chi connectivity index (χ2v) is 17.1. The fourth-order valence-corrected chi connectivity index (χ4v) is 9.25. The molecular formula is C45H53N5O9. The quantitative estimate of drug-likeness (QED) is 0.191. The predicted octanol–water partition coefficient (Wildman–Crippen LogP) is 5.32. The number of nitriles is 1. The number of nitrogens with zero attached hydrogens (tertiary/aromatic N) is 2. The van der Waals surface area contributed by atoms with Gasteiger partial charge in [0.15, 0.2) is 0 Å². The first-order valence-electron chi connectivity index (χ1n) is 20.3. The van der Waals surface area contributed by atoms with Crippen LogP contribution in [-0.4, -0.2) is 87.4 Å². The van der Waals surface area contributed by atoms with Crippen molar-refractivity contribution >= 4 is 29.3 Å². The van der Waals surface area contributed by atoms with Crippen LogP contribution in [-0.2, 0) is 14.3 Å². The average Bonchev–Trinajstić information content (AvgIpc) is 3.21. The Kier molecular flexibility index (Phi) is 11.8. The largest absolute Gasteiger partial charge is 0.496 e. The summed E-state index contributed by atoms with van der Waals surface area (Å²) >= 11 is 0. The van der Waals surface area contributed by atoms with Crippen LogP contribution in [0.2, 0.25) is 0 Å². The number of benzene rings is 3. The van der Waals surface area contributed by atoms with E-state index in [0.29, 0.717) is 34.1 Å².